The van der Waals surface area contributed by atoms with Crippen LogP contribution in [0, 0.1) is 0 Å². The summed E-state index contributed by atoms with van der Waals surface area (Å²) in [6.45, 7) is 5.28. The standard InChI is InChI=1S/C14H20Cl2N2O/c1-3-13(18-8-7-14(19)17-4-2)11-6-5-10(15)9-12(11)16/h5-6,9,13,18H,3-4,7-8H2,1-2H3,(H,17,19). The van der Waals surface area contributed by atoms with Crippen molar-refractivity contribution < 1.29 is 4.79 Å². The highest BCUT2D eigenvalue weighted by molar-refractivity contribution is 6.35. The minimum absolute atomic E-state index is 0.0621. The van der Waals surface area contributed by atoms with Gasteiger partial charge in [-0.1, -0.05) is 36.2 Å². The number of halogens is 2. The predicted octanol–water partition coefficient (Wildman–Crippen LogP) is 3.56. The molecule has 2 N–H and O–H groups in total. The largest absolute Gasteiger partial charge is 0.356 e. The third-order valence-electron chi connectivity index (χ3n) is 2.86. The van der Waals surface area contributed by atoms with E-state index >= 15 is 0 Å². The molecule has 0 heterocycles. The fraction of sp³-hybridized carbons (Fsp3) is 0.500. The number of rotatable bonds is 7. The molecular formula is C14H20Cl2N2O. The van der Waals surface area contributed by atoms with E-state index in [0.29, 0.717) is 29.6 Å². The quantitative estimate of drug-likeness (QED) is 0.808. The fourth-order valence-electron chi connectivity index (χ4n) is 1.90. The van der Waals surface area contributed by atoms with Crippen molar-refractivity contribution in [1.29, 1.82) is 0 Å². The molecule has 0 radical (unpaired) electrons. The maximum absolute atomic E-state index is 11.4. The van der Waals surface area contributed by atoms with Gasteiger partial charge in [0.05, 0.1) is 0 Å². The lowest BCUT2D eigenvalue weighted by atomic mass is 10.0. The number of hydrogen-bond donors (Lipinski definition) is 2. The first-order valence-corrected chi connectivity index (χ1v) is 7.29. The molecule has 0 bridgehead atoms. The van der Waals surface area contributed by atoms with E-state index in [4.69, 9.17) is 23.2 Å². The minimum Gasteiger partial charge on any atom is -0.356 e. The molecule has 1 aromatic carbocycles. The van der Waals surface area contributed by atoms with Crippen LogP contribution in [0.2, 0.25) is 10.0 Å². The molecule has 0 aliphatic rings. The molecule has 19 heavy (non-hydrogen) atoms. The molecule has 0 aliphatic heterocycles. The Balaban J connectivity index is 2.56. The van der Waals surface area contributed by atoms with Crippen LogP contribution in [-0.2, 0) is 4.79 Å². The van der Waals surface area contributed by atoms with E-state index in [0.717, 1.165) is 12.0 Å². The van der Waals surface area contributed by atoms with Gasteiger partial charge in [0, 0.05) is 35.6 Å². The Hall–Kier alpha value is -0.770. The average Bonchev–Trinajstić information content (AvgIpc) is 2.36. The van der Waals surface area contributed by atoms with Gasteiger partial charge in [-0.05, 0) is 31.0 Å². The summed E-state index contributed by atoms with van der Waals surface area (Å²) in [5.74, 6) is 0.0621. The zero-order valence-corrected chi connectivity index (χ0v) is 12.8. The fourth-order valence-corrected chi connectivity index (χ4v) is 2.44. The van der Waals surface area contributed by atoms with Crippen LogP contribution >= 0.6 is 23.2 Å². The van der Waals surface area contributed by atoms with Gasteiger partial charge in [0.1, 0.15) is 0 Å². The highest BCUT2D eigenvalue weighted by atomic mass is 35.5. The van der Waals surface area contributed by atoms with Crippen molar-refractivity contribution in [1.82, 2.24) is 10.6 Å². The zero-order chi connectivity index (χ0) is 14.3. The van der Waals surface area contributed by atoms with Crippen molar-refractivity contribution in [3.8, 4) is 0 Å². The number of nitrogens with one attached hydrogen (secondary N) is 2. The van der Waals surface area contributed by atoms with E-state index in [9.17, 15) is 4.79 Å². The SMILES string of the molecule is CCNC(=O)CCNC(CC)c1ccc(Cl)cc1Cl. The molecule has 1 unspecified atom stereocenters. The Morgan fingerprint density at radius 2 is 2.05 bits per heavy atom. The first-order valence-electron chi connectivity index (χ1n) is 6.53. The third-order valence-corrected chi connectivity index (χ3v) is 3.43. The molecule has 0 spiro atoms. The summed E-state index contributed by atoms with van der Waals surface area (Å²) in [6, 6.07) is 5.64. The molecule has 0 aliphatic carbocycles. The van der Waals surface area contributed by atoms with Crippen molar-refractivity contribution in [3.05, 3.63) is 33.8 Å². The van der Waals surface area contributed by atoms with Gasteiger partial charge < -0.3 is 10.6 Å². The second-order valence-corrected chi connectivity index (χ2v) is 5.13. The molecule has 0 fully saturated rings. The summed E-state index contributed by atoms with van der Waals surface area (Å²) in [4.78, 5) is 11.4. The summed E-state index contributed by atoms with van der Waals surface area (Å²) < 4.78 is 0. The number of amides is 1. The molecule has 0 saturated heterocycles. The van der Waals surface area contributed by atoms with Crippen molar-refractivity contribution >= 4 is 29.1 Å². The molecule has 106 valence electrons. The van der Waals surface area contributed by atoms with Crippen molar-refractivity contribution in [2.24, 2.45) is 0 Å². The lowest BCUT2D eigenvalue weighted by Crippen LogP contribution is -2.29. The molecular weight excluding hydrogens is 283 g/mol. The average molecular weight is 303 g/mol. The monoisotopic (exact) mass is 302 g/mol. The predicted molar refractivity (Wildman–Crippen MR) is 80.8 cm³/mol. The van der Waals surface area contributed by atoms with Crippen molar-refractivity contribution in [3.63, 3.8) is 0 Å². The first-order chi connectivity index (χ1) is 9.08. The van der Waals surface area contributed by atoms with E-state index in [2.05, 4.69) is 17.6 Å². The van der Waals surface area contributed by atoms with Gasteiger partial charge in [0.2, 0.25) is 5.91 Å². The summed E-state index contributed by atoms with van der Waals surface area (Å²) in [5.41, 5.74) is 1.02. The van der Waals surface area contributed by atoms with Crippen LogP contribution < -0.4 is 10.6 Å². The maximum Gasteiger partial charge on any atom is 0.221 e. The second-order valence-electron chi connectivity index (χ2n) is 4.28. The molecule has 0 aromatic heterocycles. The molecule has 1 rings (SSSR count). The Kier molecular flexibility index (Phi) is 7.21. The van der Waals surface area contributed by atoms with Crippen LogP contribution in [0.3, 0.4) is 0 Å². The topological polar surface area (TPSA) is 41.1 Å². The number of carbonyl (C=O) groups excluding carboxylic acids is 1. The van der Waals surface area contributed by atoms with Crippen LogP contribution in [0.1, 0.15) is 38.3 Å². The Bertz CT molecular complexity index is 424. The highest BCUT2D eigenvalue weighted by Gasteiger charge is 2.13. The van der Waals surface area contributed by atoms with Crippen LogP contribution in [0.15, 0.2) is 18.2 Å². The van der Waals surface area contributed by atoms with Gasteiger partial charge >= 0.3 is 0 Å². The zero-order valence-electron chi connectivity index (χ0n) is 11.3. The summed E-state index contributed by atoms with van der Waals surface area (Å²) in [6.07, 6.45) is 1.37. The van der Waals surface area contributed by atoms with Gasteiger partial charge in [-0.2, -0.15) is 0 Å². The van der Waals surface area contributed by atoms with E-state index in [1.807, 2.05) is 19.1 Å². The lowest BCUT2D eigenvalue weighted by molar-refractivity contribution is -0.120. The Morgan fingerprint density at radius 3 is 2.63 bits per heavy atom. The summed E-state index contributed by atoms with van der Waals surface area (Å²) in [5, 5.41) is 7.41. The van der Waals surface area contributed by atoms with E-state index in [-0.39, 0.29) is 11.9 Å². The van der Waals surface area contributed by atoms with Crippen LogP contribution in [0.4, 0.5) is 0 Å². The van der Waals surface area contributed by atoms with Crippen molar-refractivity contribution in [2.75, 3.05) is 13.1 Å². The van der Waals surface area contributed by atoms with Crippen LogP contribution in [0.25, 0.3) is 0 Å². The van der Waals surface area contributed by atoms with Crippen LogP contribution in [0.5, 0.6) is 0 Å². The molecule has 3 nitrogen and oxygen atoms in total. The number of carbonyl (C=O) groups is 1. The summed E-state index contributed by atoms with van der Waals surface area (Å²) >= 11 is 12.1. The first kappa shape index (κ1) is 16.3. The second kappa shape index (κ2) is 8.41. The van der Waals surface area contributed by atoms with E-state index < -0.39 is 0 Å². The van der Waals surface area contributed by atoms with Gasteiger partial charge in [-0.15, -0.1) is 0 Å². The van der Waals surface area contributed by atoms with E-state index in [1.54, 1.807) is 6.07 Å². The maximum atomic E-state index is 11.4. The van der Waals surface area contributed by atoms with Gasteiger partial charge in [0.15, 0.2) is 0 Å². The highest BCUT2D eigenvalue weighted by Crippen LogP contribution is 2.27. The van der Waals surface area contributed by atoms with Crippen LogP contribution in [-0.4, -0.2) is 19.0 Å². The lowest BCUT2D eigenvalue weighted by Gasteiger charge is -2.18. The Labute approximate surface area is 124 Å². The van der Waals surface area contributed by atoms with Crippen molar-refractivity contribution in [2.45, 2.75) is 32.7 Å². The third kappa shape index (κ3) is 5.39. The molecule has 1 aromatic rings. The molecule has 0 saturated carbocycles. The van der Waals surface area contributed by atoms with E-state index in [1.165, 1.54) is 0 Å². The number of benzene rings is 1. The normalized spacial score (nSPS) is 12.2. The molecule has 1 atom stereocenters. The Morgan fingerprint density at radius 1 is 1.32 bits per heavy atom. The van der Waals surface area contributed by atoms with Gasteiger partial charge in [-0.3, -0.25) is 4.79 Å². The van der Waals surface area contributed by atoms with Gasteiger partial charge in [0.25, 0.3) is 0 Å². The smallest absolute Gasteiger partial charge is 0.221 e. The minimum atomic E-state index is 0.0621. The molecule has 5 heteroatoms. The molecule has 1 amide bonds. The number of hydrogen-bond acceptors (Lipinski definition) is 2. The summed E-state index contributed by atoms with van der Waals surface area (Å²) in [7, 11) is 0. The van der Waals surface area contributed by atoms with Gasteiger partial charge in [-0.25, -0.2) is 0 Å².